The zero-order chi connectivity index (χ0) is 82.4. The summed E-state index contributed by atoms with van der Waals surface area (Å²) in [6.45, 7) is 2.15. The van der Waals surface area contributed by atoms with Crippen LogP contribution in [0.5, 0.6) is 0 Å². The van der Waals surface area contributed by atoms with Crippen LogP contribution in [0, 0.1) is 6.92 Å². The fourth-order valence-electron chi connectivity index (χ4n) is 16.6. The van der Waals surface area contributed by atoms with Crippen LogP contribution in [0.1, 0.15) is 16.7 Å². The molecule has 124 heavy (non-hydrogen) atoms. The zero-order valence-electron chi connectivity index (χ0n) is 66.9. The molecule has 22 aromatic rings. The number of hydrogen-bond donors (Lipinski definition) is 0. The standard InChI is InChI=1S/C108H70N16/c1-68-42-48-86-87-49-43-69(62-95(87)123(94(86)60-68)83-47-51-85(70-54-57-109-58-55-70)91(66-83)108-121-103(77-38-22-8-23-39-77)114-104(122-108)78-40-24-9-25-41-78)61-82-67-110-59-56-84(82)79-44-50-88(107-119-101(75-34-18-6-19-35-75)113-102(120-107)76-36-20-7-21-37-76)96(65-79)124-92-52-45-80(105-115-97(71-26-10-2-11-27-71)111-98(116-105)72-28-12-3-13-29-72)63-89(92)90-64-81(46-53-93(90)124)106-117-99(73-30-14-4-15-31-73)112-100(118-106)74-32-16-5-17-33-74/h2-60,62-67H,61H2,1H3. The van der Waals surface area contributed by atoms with Gasteiger partial charge in [0.2, 0.25) is 0 Å². The van der Waals surface area contributed by atoms with Gasteiger partial charge >= 0.3 is 0 Å². The van der Waals surface area contributed by atoms with Gasteiger partial charge in [-0.05, 0) is 143 Å². The molecule has 0 radical (unpaired) electrons. The van der Waals surface area contributed by atoms with Gasteiger partial charge in [-0.2, -0.15) is 0 Å². The minimum absolute atomic E-state index is 0.478. The molecular weight excluding hydrogens is 1520 g/mol. The van der Waals surface area contributed by atoms with Gasteiger partial charge in [-0.25, -0.2) is 59.8 Å². The Labute approximate surface area is 713 Å². The number of fused-ring (bicyclic) bond motifs is 6. The molecule has 8 aromatic heterocycles. The molecule has 0 saturated carbocycles. The van der Waals surface area contributed by atoms with Crippen LogP contribution in [0.4, 0.5) is 0 Å². The molecule has 0 atom stereocenters. The SMILES string of the molecule is Cc1ccc2c3ccc(Cc4cnccc4-c4ccc(-c5nc(-c6ccccc6)nc(-c6ccccc6)n5)c(-n5c6ccc(-c7nc(-c8ccccc8)nc(-c8ccccc8)n7)cc6c6cc(-c7nc(-c8ccccc8)nc(-c8ccccc8)n7)ccc65)c4)cc3n(-c3ccc(-c4ccncc4)c(-c4nc(-c5ccccc5)nc(-c5ccccc5)n4)c3)c2c1. The summed E-state index contributed by atoms with van der Waals surface area (Å²) in [6.07, 6.45) is 8.07. The third-order valence-electron chi connectivity index (χ3n) is 22.6. The van der Waals surface area contributed by atoms with E-state index in [1.807, 2.05) is 280 Å². The lowest BCUT2D eigenvalue weighted by atomic mass is 9.94. The van der Waals surface area contributed by atoms with E-state index in [0.717, 1.165) is 161 Å². The maximum absolute atomic E-state index is 5.48. The van der Waals surface area contributed by atoms with Crippen molar-refractivity contribution < 1.29 is 0 Å². The molecule has 0 aliphatic heterocycles. The van der Waals surface area contributed by atoms with Crippen molar-refractivity contribution >= 4 is 43.6 Å². The molecule has 0 bridgehead atoms. The number of rotatable bonds is 18. The van der Waals surface area contributed by atoms with Crippen LogP contribution < -0.4 is 0 Å². The van der Waals surface area contributed by atoms with E-state index in [2.05, 4.69) is 136 Å². The quantitative estimate of drug-likeness (QED) is 0.0788. The Morgan fingerprint density at radius 3 is 0.984 bits per heavy atom. The fraction of sp³-hybridized carbons (Fsp3) is 0.0185. The van der Waals surface area contributed by atoms with Crippen molar-refractivity contribution in [2.24, 2.45) is 0 Å². The topological polar surface area (TPSA) is 190 Å². The molecule has 582 valence electrons. The molecule has 14 aromatic carbocycles. The first-order chi connectivity index (χ1) is 61.3. The minimum Gasteiger partial charge on any atom is -0.309 e. The van der Waals surface area contributed by atoms with E-state index >= 15 is 0 Å². The van der Waals surface area contributed by atoms with Gasteiger partial charge in [-0.1, -0.05) is 279 Å². The monoisotopic (exact) mass is 1590 g/mol. The zero-order valence-corrected chi connectivity index (χ0v) is 66.9. The lowest BCUT2D eigenvalue weighted by Crippen LogP contribution is -2.04. The van der Waals surface area contributed by atoms with Gasteiger partial charge in [0.25, 0.3) is 0 Å². The highest BCUT2D eigenvalue weighted by molar-refractivity contribution is 6.13. The summed E-state index contributed by atoms with van der Waals surface area (Å²) in [4.78, 5) is 72.8. The average Bonchev–Trinajstić information content (AvgIpc) is 1.58. The Bertz CT molecular complexity index is 7380. The van der Waals surface area contributed by atoms with E-state index in [9.17, 15) is 0 Å². The molecule has 16 heteroatoms. The summed E-state index contributed by atoms with van der Waals surface area (Å²) in [5.74, 6) is 6.46. The minimum atomic E-state index is 0.478. The van der Waals surface area contributed by atoms with Crippen LogP contribution in [0.3, 0.4) is 0 Å². The number of benzene rings is 14. The van der Waals surface area contributed by atoms with Gasteiger partial charge in [0.15, 0.2) is 69.9 Å². The average molecular weight is 1590 g/mol. The van der Waals surface area contributed by atoms with Crippen molar-refractivity contribution in [2.45, 2.75) is 13.3 Å². The lowest BCUT2D eigenvalue weighted by molar-refractivity contribution is 1.06. The Morgan fingerprint density at radius 1 is 0.210 bits per heavy atom. The first kappa shape index (κ1) is 73.4. The van der Waals surface area contributed by atoms with Gasteiger partial charge in [0.05, 0.1) is 27.8 Å². The van der Waals surface area contributed by atoms with Gasteiger partial charge in [0, 0.05) is 119 Å². The molecule has 22 rings (SSSR count). The number of nitrogens with zero attached hydrogens (tertiary/aromatic N) is 16. The Hall–Kier alpha value is -17.0. The second-order valence-corrected chi connectivity index (χ2v) is 30.6. The molecule has 0 aliphatic carbocycles. The van der Waals surface area contributed by atoms with Crippen LogP contribution in [0.2, 0.25) is 0 Å². The van der Waals surface area contributed by atoms with Crippen LogP contribution in [-0.2, 0) is 6.42 Å². The maximum atomic E-state index is 5.48. The normalized spacial score (nSPS) is 11.5. The van der Waals surface area contributed by atoms with Crippen molar-refractivity contribution in [1.29, 1.82) is 0 Å². The van der Waals surface area contributed by atoms with E-state index in [-0.39, 0.29) is 0 Å². The second kappa shape index (κ2) is 31.7. The Kier molecular flexibility index (Phi) is 18.8. The molecule has 0 saturated heterocycles. The summed E-state index contributed by atoms with van der Waals surface area (Å²) in [7, 11) is 0. The summed E-state index contributed by atoms with van der Waals surface area (Å²) in [5.41, 5.74) is 22.8. The highest BCUT2D eigenvalue weighted by atomic mass is 15.1. The molecule has 0 aliphatic rings. The van der Waals surface area contributed by atoms with Crippen molar-refractivity contribution in [3.63, 3.8) is 0 Å². The third-order valence-corrected chi connectivity index (χ3v) is 22.6. The first-order valence-corrected chi connectivity index (χ1v) is 41.1. The van der Waals surface area contributed by atoms with E-state index in [1.165, 1.54) is 0 Å². The number of hydrogen-bond acceptors (Lipinski definition) is 14. The molecule has 0 fully saturated rings. The van der Waals surface area contributed by atoms with Gasteiger partial charge < -0.3 is 9.13 Å². The number of aryl methyl sites for hydroxylation is 1. The largest absolute Gasteiger partial charge is 0.309 e. The smallest absolute Gasteiger partial charge is 0.166 e. The molecule has 8 heterocycles. The molecule has 0 spiro atoms. The van der Waals surface area contributed by atoms with Crippen molar-refractivity contribution in [1.82, 2.24) is 78.9 Å². The predicted octanol–water partition coefficient (Wildman–Crippen LogP) is 24.6. The fourth-order valence-corrected chi connectivity index (χ4v) is 16.6. The van der Waals surface area contributed by atoms with E-state index in [0.29, 0.717) is 76.3 Å². The summed E-state index contributed by atoms with van der Waals surface area (Å²) < 4.78 is 4.73. The van der Waals surface area contributed by atoms with Crippen molar-refractivity contribution in [2.75, 3.05) is 0 Å². The second-order valence-electron chi connectivity index (χ2n) is 30.6. The summed E-state index contributed by atoms with van der Waals surface area (Å²) in [6, 6.07) is 127. The predicted molar refractivity (Wildman–Crippen MR) is 494 cm³/mol. The van der Waals surface area contributed by atoms with E-state index < -0.39 is 0 Å². The van der Waals surface area contributed by atoms with Crippen LogP contribution in [-0.4, -0.2) is 78.9 Å². The van der Waals surface area contributed by atoms with Crippen molar-refractivity contribution in [3.8, 4) is 170 Å². The molecule has 0 amide bonds. The molecule has 16 nitrogen and oxygen atoms in total. The van der Waals surface area contributed by atoms with Crippen LogP contribution in [0.25, 0.3) is 214 Å². The van der Waals surface area contributed by atoms with E-state index in [4.69, 9.17) is 64.8 Å². The highest BCUT2D eigenvalue weighted by Crippen LogP contribution is 2.45. The Balaban J connectivity index is 0.742. The molecule has 0 unspecified atom stereocenters. The third kappa shape index (κ3) is 14.1. The van der Waals surface area contributed by atoms with Crippen LogP contribution in [0.15, 0.2) is 395 Å². The van der Waals surface area contributed by atoms with Crippen molar-refractivity contribution in [3.05, 3.63) is 412 Å². The Morgan fingerprint density at radius 2 is 0.565 bits per heavy atom. The summed E-state index contributed by atoms with van der Waals surface area (Å²) in [5, 5.41) is 4.06. The highest BCUT2D eigenvalue weighted by Gasteiger charge is 2.27. The van der Waals surface area contributed by atoms with Gasteiger partial charge in [-0.3, -0.25) is 9.97 Å². The van der Waals surface area contributed by atoms with Gasteiger partial charge in [0.1, 0.15) is 0 Å². The first-order valence-electron chi connectivity index (χ1n) is 41.1. The van der Waals surface area contributed by atoms with E-state index in [1.54, 1.807) is 0 Å². The summed E-state index contributed by atoms with van der Waals surface area (Å²) >= 11 is 0. The van der Waals surface area contributed by atoms with Crippen LogP contribution >= 0.6 is 0 Å². The number of aromatic nitrogens is 16. The molecule has 0 N–H and O–H groups in total. The molecular formula is C108H70N16. The number of pyridine rings is 2. The maximum Gasteiger partial charge on any atom is 0.166 e. The lowest BCUT2D eigenvalue weighted by Gasteiger charge is -2.18. The van der Waals surface area contributed by atoms with Gasteiger partial charge in [-0.15, -0.1) is 0 Å².